The van der Waals surface area contributed by atoms with Gasteiger partial charge in [0.2, 0.25) is 0 Å². The molecule has 0 spiro atoms. The first-order valence-corrected chi connectivity index (χ1v) is 6.17. The summed E-state index contributed by atoms with van der Waals surface area (Å²) in [4.78, 5) is 13.0. The third-order valence-corrected chi connectivity index (χ3v) is 3.58. The minimum atomic E-state index is -0.708. The van der Waals surface area contributed by atoms with Crippen LogP contribution in [0.25, 0.3) is 0 Å². The first kappa shape index (κ1) is 12.1. The molecule has 1 saturated heterocycles. The Balaban J connectivity index is 1.94. The van der Waals surface area contributed by atoms with Crippen LogP contribution >= 0.6 is 0 Å². The van der Waals surface area contributed by atoms with Gasteiger partial charge in [-0.25, -0.2) is 0 Å². The molecule has 0 aliphatic carbocycles. The summed E-state index contributed by atoms with van der Waals surface area (Å²) in [5.74, 6) is -0.145. The fourth-order valence-corrected chi connectivity index (χ4v) is 2.57. The van der Waals surface area contributed by atoms with Gasteiger partial charge in [0.15, 0.2) is 0 Å². The normalized spacial score (nSPS) is 22.5. The third-order valence-electron chi connectivity index (χ3n) is 3.58. The van der Waals surface area contributed by atoms with Gasteiger partial charge in [-0.2, -0.15) is 0 Å². The van der Waals surface area contributed by atoms with E-state index in [9.17, 15) is 4.79 Å². The number of aliphatic carboxylic acids is 1. The van der Waals surface area contributed by atoms with Crippen LogP contribution in [0, 0.1) is 0 Å². The molecule has 1 aliphatic rings. The second-order valence-corrected chi connectivity index (χ2v) is 4.84. The molecular weight excluding hydrogens is 214 g/mol. The molecule has 1 fully saturated rings. The van der Waals surface area contributed by atoms with Crippen molar-refractivity contribution < 1.29 is 9.90 Å². The number of hydrogen-bond donors (Lipinski definition) is 1. The Hall–Kier alpha value is -1.35. The molecule has 1 aromatic rings. The van der Waals surface area contributed by atoms with E-state index in [-0.39, 0.29) is 12.5 Å². The number of carbonyl (C=O) groups is 1. The minimum Gasteiger partial charge on any atom is -0.481 e. The van der Waals surface area contributed by atoms with Crippen LogP contribution < -0.4 is 0 Å². The fraction of sp³-hybridized carbons (Fsp3) is 0.500. The maximum absolute atomic E-state index is 10.7. The van der Waals surface area contributed by atoms with E-state index in [1.807, 2.05) is 13.0 Å². The molecule has 17 heavy (non-hydrogen) atoms. The third kappa shape index (κ3) is 3.07. The molecule has 3 nitrogen and oxygen atoms in total. The van der Waals surface area contributed by atoms with Gasteiger partial charge in [-0.1, -0.05) is 30.3 Å². The van der Waals surface area contributed by atoms with E-state index < -0.39 is 5.97 Å². The fourth-order valence-electron chi connectivity index (χ4n) is 2.57. The van der Waals surface area contributed by atoms with E-state index in [1.54, 1.807) is 0 Å². The Morgan fingerprint density at radius 2 is 2.18 bits per heavy atom. The van der Waals surface area contributed by atoms with Crippen molar-refractivity contribution in [3.05, 3.63) is 35.9 Å². The van der Waals surface area contributed by atoms with Crippen molar-refractivity contribution in [2.24, 2.45) is 0 Å². The lowest BCUT2D eigenvalue weighted by Crippen LogP contribution is -2.32. The van der Waals surface area contributed by atoms with Gasteiger partial charge in [-0.05, 0) is 31.4 Å². The number of hydrogen-bond acceptors (Lipinski definition) is 2. The molecule has 0 amide bonds. The number of nitrogens with zero attached hydrogens (tertiary/aromatic N) is 1. The number of rotatable bonds is 4. The van der Waals surface area contributed by atoms with Gasteiger partial charge in [0, 0.05) is 12.6 Å². The van der Waals surface area contributed by atoms with E-state index in [0.29, 0.717) is 5.92 Å². The lowest BCUT2D eigenvalue weighted by Gasteiger charge is -2.22. The molecule has 0 aromatic heterocycles. The van der Waals surface area contributed by atoms with E-state index in [4.69, 9.17) is 5.11 Å². The smallest absolute Gasteiger partial charge is 0.304 e. The van der Waals surface area contributed by atoms with Crippen molar-refractivity contribution in [1.82, 2.24) is 4.90 Å². The van der Waals surface area contributed by atoms with Gasteiger partial charge in [0.25, 0.3) is 0 Å². The number of carboxylic acids is 1. The average molecular weight is 233 g/mol. The molecule has 92 valence electrons. The highest BCUT2D eigenvalue weighted by Crippen LogP contribution is 2.28. The van der Waals surface area contributed by atoms with E-state index >= 15 is 0 Å². The second kappa shape index (κ2) is 5.32. The molecular formula is C14H19NO2. The Bertz CT molecular complexity index is 377. The zero-order valence-electron chi connectivity index (χ0n) is 10.2. The Morgan fingerprint density at radius 1 is 1.47 bits per heavy atom. The van der Waals surface area contributed by atoms with Crippen LogP contribution in [0.5, 0.6) is 0 Å². The van der Waals surface area contributed by atoms with E-state index in [1.165, 1.54) is 5.56 Å². The predicted octanol–water partition coefficient (Wildman–Crippen LogP) is 2.34. The van der Waals surface area contributed by atoms with Crippen molar-refractivity contribution in [2.45, 2.75) is 31.7 Å². The Labute approximate surface area is 102 Å². The summed E-state index contributed by atoms with van der Waals surface area (Å²) in [7, 11) is 0. The molecule has 0 saturated carbocycles. The standard InChI is InChI=1S/C14H19NO2/c1-11(9-14(16)17)15-8-7-13(10-15)12-5-3-2-4-6-12/h2-6,11,13H,7-10H2,1H3,(H,16,17). The van der Waals surface area contributed by atoms with Crippen LogP contribution in [0.3, 0.4) is 0 Å². The van der Waals surface area contributed by atoms with Crippen LogP contribution in [0.4, 0.5) is 0 Å². The highest BCUT2D eigenvalue weighted by Gasteiger charge is 2.27. The number of likely N-dealkylation sites (tertiary alicyclic amines) is 1. The van der Waals surface area contributed by atoms with E-state index in [0.717, 1.165) is 19.5 Å². The summed E-state index contributed by atoms with van der Waals surface area (Å²) in [5.41, 5.74) is 1.37. The summed E-state index contributed by atoms with van der Waals surface area (Å²) in [6.45, 7) is 3.99. The summed E-state index contributed by atoms with van der Waals surface area (Å²) < 4.78 is 0. The molecule has 0 radical (unpaired) electrons. The molecule has 2 atom stereocenters. The minimum absolute atomic E-state index is 0.140. The van der Waals surface area contributed by atoms with Gasteiger partial charge in [0.1, 0.15) is 0 Å². The van der Waals surface area contributed by atoms with Crippen LogP contribution in [-0.4, -0.2) is 35.1 Å². The lowest BCUT2D eigenvalue weighted by molar-refractivity contribution is -0.138. The molecule has 3 heteroatoms. The Kier molecular flexibility index (Phi) is 3.79. The van der Waals surface area contributed by atoms with Crippen LogP contribution in [0.2, 0.25) is 0 Å². The first-order chi connectivity index (χ1) is 8.16. The highest BCUT2D eigenvalue weighted by molar-refractivity contribution is 5.67. The van der Waals surface area contributed by atoms with Crippen LogP contribution in [0.15, 0.2) is 30.3 Å². The zero-order valence-corrected chi connectivity index (χ0v) is 10.2. The van der Waals surface area contributed by atoms with Gasteiger partial charge < -0.3 is 5.11 Å². The summed E-state index contributed by atoms with van der Waals surface area (Å²) >= 11 is 0. The van der Waals surface area contributed by atoms with Gasteiger partial charge in [0.05, 0.1) is 6.42 Å². The molecule has 2 unspecified atom stereocenters. The monoisotopic (exact) mass is 233 g/mol. The van der Waals surface area contributed by atoms with Crippen LogP contribution in [-0.2, 0) is 4.79 Å². The van der Waals surface area contributed by atoms with Gasteiger partial charge >= 0.3 is 5.97 Å². The molecule has 1 aromatic carbocycles. The maximum Gasteiger partial charge on any atom is 0.304 e. The van der Waals surface area contributed by atoms with Crippen molar-refractivity contribution >= 4 is 5.97 Å². The lowest BCUT2D eigenvalue weighted by atomic mass is 9.99. The molecule has 0 bridgehead atoms. The molecule has 1 N–H and O–H groups in total. The molecule has 1 aliphatic heterocycles. The summed E-state index contributed by atoms with van der Waals surface area (Å²) in [5, 5.41) is 8.80. The largest absolute Gasteiger partial charge is 0.481 e. The van der Waals surface area contributed by atoms with Crippen molar-refractivity contribution in [3.63, 3.8) is 0 Å². The topological polar surface area (TPSA) is 40.5 Å². The van der Waals surface area contributed by atoms with Crippen molar-refractivity contribution in [3.8, 4) is 0 Å². The van der Waals surface area contributed by atoms with E-state index in [2.05, 4.69) is 29.2 Å². The summed E-state index contributed by atoms with van der Waals surface area (Å²) in [6.07, 6.45) is 1.37. The van der Waals surface area contributed by atoms with Crippen molar-refractivity contribution in [1.29, 1.82) is 0 Å². The van der Waals surface area contributed by atoms with Gasteiger partial charge in [-0.15, -0.1) is 0 Å². The first-order valence-electron chi connectivity index (χ1n) is 6.17. The highest BCUT2D eigenvalue weighted by atomic mass is 16.4. The van der Waals surface area contributed by atoms with Crippen molar-refractivity contribution in [2.75, 3.05) is 13.1 Å². The number of carboxylic acid groups (broad SMARTS) is 1. The SMILES string of the molecule is CC(CC(=O)O)N1CCC(c2ccccc2)C1. The van der Waals surface area contributed by atoms with Crippen LogP contribution in [0.1, 0.15) is 31.2 Å². The zero-order chi connectivity index (χ0) is 12.3. The summed E-state index contributed by atoms with van der Waals surface area (Å²) in [6, 6.07) is 10.6. The quantitative estimate of drug-likeness (QED) is 0.867. The average Bonchev–Trinajstić information content (AvgIpc) is 2.78. The Morgan fingerprint density at radius 3 is 2.82 bits per heavy atom. The van der Waals surface area contributed by atoms with Gasteiger partial charge in [-0.3, -0.25) is 9.69 Å². The molecule has 2 rings (SSSR count). The maximum atomic E-state index is 10.7. The number of benzene rings is 1. The second-order valence-electron chi connectivity index (χ2n) is 4.84. The predicted molar refractivity (Wildman–Crippen MR) is 67.1 cm³/mol. The molecule has 1 heterocycles.